The van der Waals surface area contributed by atoms with Crippen molar-refractivity contribution in [2.75, 3.05) is 30.2 Å². The van der Waals surface area contributed by atoms with E-state index in [0.717, 1.165) is 17.7 Å². The van der Waals surface area contributed by atoms with Crippen LogP contribution in [0.3, 0.4) is 0 Å². The van der Waals surface area contributed by atoms with Gasteiger partial charge in [0.05, 0.1) is 12.5 Å². The summed E-state index contributed by atoms with van der Waals surface area (Å²) in [5.74, 6) is -0.0292. The van der Waals surface area contributed by atoms with E-state index in [2.05, 4.69) is 51.9 Å². The zero-order chi connectivity index (χ0) is 25.6. The number of nitrogens with two attached hydrogens (primary N) is 1. The van der Waals surface area contributed by atoms with Crippen molar-refractivity contribution in [3.05, 3.63) is 83.0 Å². The third-order valence-electron chi connectivity index (χ3n) is 4.81. The molecule has 9 heteroatoms. The molecule has 3 rings (SSSR count). The van der Waals surface area contributed by atoms with Gasteiger partial charge in [-0.15, -0.1) is 0 Å². The quantitative estimate of drug-likeness (QED) is 0.119. The summed E-state index contributed by atoms with van der Waals surface area (Å²) in [4.78, 5) is 25.3. The van der Waals surface area contributed by atoms with Crippen LogP contribution in [0.5, 0.6) is 0 Å². The summed E-state index contributed by atoms with van der Waals surface area (Å²) in [6.07, 6.45) is 0.805. The first-order valence-electron chi connectivity index (χ1n) is 10.9. The molecule has 0 spiro atoms. The fourth-order valence-corrected chi connectivity index (χ4v) is 3.83. The van der Waals surface area contributed by atoms with Crippen LogP contribution in [-0.2, 0) is 4.79 Å². The van der Waals surface area contributed by atoms with E-state index in [-0.39, 0.29) is 18.3 Å². The largest absolute Gasteiger partial charge is 0.394 e. The number of aliphatic hydroxyl groups excluding tert-OH is 1. The Morgan fingerprint density at radius 2 is 1.77 bits per heavy atom. The second-order valence-electron chi connectivity index (χ2n) is 7.45. The van der Waals surface area contributed by atoms with Gasteiger partial charge >= 0.3 is 0 Å². The molecule has 3 aromatic rings. The number of rotatable bonds is 11. The summed E-state index contributed by atoms with van der Waals surface area (Å²) >= 11 is 1.41. The molecule has 8 nitrogen and oxygen atoms in total. The van der Waals surface area contributed by atoms with E-state index in [4.69, 9.17) is 10.8 Å². The standard InChI is InChI=1S/C16H18N4OS.C10H13NO2/c1-18-14(15(17)21)16(19-2)22-10-20-13-8-7-11-5-3-4-6-12(11)9-13;1-8(6-12)11-10-4-2-9(7-13)3-5-10/h3-9,19-20H,1,10H2,2H3,(H2,17,21);2-5,7-8,11-12H,6H2,1H3/b16-14-;. The highest BCUT2D eigenvalue weighted by Crippen LogP contribution is 2.22. The van der Waals surface area contributed by atoms with E-state index in [1.165, 1.54) is 22.5 Å². The van der Waals surface area contributed by atoms with Gasteiger partial charge in [-0.2, -0.15) is 0 Å². The summed E-state index contributed by atoms with van der Waals surface area (Å²) in [5.41, 5.74) is 7.98. The van der Waals surface area contributed by atoms with Crippen molar-refractivity contribution in [2.24, 2.45) is 10.7 Å². The number of amides is 1. The molecule has 0 aromatic heterocycles. The molecule has 0 fully saturated rings. The van der Waals surface area contributed by atoms with Gasteiger partial charge in [-0.25, -0.2) is 0 Å². The third-order valence-corrected chi connectivity index (χ3v) is 5.78. The average Bonchev–Trinajstić information content (AvgIpc) is 2.88. The van der Waals surface area contributed by atoms with Gasteiger partial charge in [0, 0.05) is 30.0 Å². The SMILES string of the molecule is C=N/C(C(N)=O)=C(/NC)SCNc1ccc2ccccc2c1.CC(CO)Nc1ccc(C=O)cc1. The highest BCUT2D eigenvalue weighted by Gasteiger charge is 2.10. The average molecular weight is 494 g/mol. The Hall–Kier alpha value is -3.82. The van der Waals surface area contributed by atoms with Gasteiger partial charge in [0.2, 0.25) is 0 Å². The number of aliphatic hydroxyl groups is 1. The lowest BCUT2D eigenvalue weighted by Crippen LogP contribution is -2.19. The number of hydrogen-bond donors (Lipinski definition) is 5. The highest BCUT2D eigenvalue weighted by atomic mass is 32.2. The number of primary amides is 1. The maximum Gasteiger partial charge on any atom is 0.269 e. The second kappa shape index (κ2) is 14.4. The summed E-state index contributed by atoms with van der Waals surface area (Å²) < 4.78 is 0. The predicted molar refractivity (Wildman–Crippen MR) is 147 cm³/mol. The summed E-state index contributed by atoms with van der Waals surface area (Å²) in [7, 11) is 1.71. The molecule has 0 aliphatic carbocycles. The Labute approximate surface area is 209 Å². The molecule has 3 aromatic carbocycles. The zero-order valence-corrected chi connectivity index (χ0v) is 20.6. The van der Waals surface area contributed by atoms with Gasteiger partial charge in [-0.1, -0.05) is 42.1 Å². The van der Waals surface area contributed by atoms with Crippen molar-refractivity contribution < 1.29 is 14.7 Å². The number of hydrogen-bond acceptors (Lipinski definition) is 8. The Morgan fingerprint density at radius 3 is 2.34 bits per heavy atom. The number of carbonyl (C=O) groups is 2. The molecule has 0 heterocycles. The molecular weight excluding hydrogens is 462 g/mol. The van der Waals surface area contributed by atoms with Gasteiger partial charge in [-0.05, 0) is 60.8 Å². The second-order valence-corrected chi connectivity index (χ2v) is 8.43. The van der Waals surface area contributed by atoms with E-state index in [1.807, 2.05) is 37.3 Å². The predicted octanol–water partition coefficient (Wildman–Crippen LogP) is 3.81. The lowest BCUT2D eigenvalue weighted by Gasteiger charge is -2.11. The smallest absolute Gasteiger partial charge is 0.269 e. The van der Waals surface area contributed by atoms with Crippen LogP contribution in [-0.4, -0.2) is 49.6 Å². The van der Waals surface area contributed by atoms with Crippen LogP contribution in [0.4, 0.5) is 11.4 Å². The van der Waals surface area contributed by atoms with Crippen LogP contribution in [0.25, 0.3) is 10.8 Å². The molecule has 0 aliphatic rings. The van der Waals surface area contributed by atoms with Crippen molar-refractivity contribution in [1.82, 2.24) is 5.32 Å². The number of thioether (sulfide) groups is 1. The van der Waals surface area contributed by atoms with E-state index in [9.17, 15) is 9.59 Å². The van der Waals surface area contributed by atoms with Crippen LogP contribution < -0.4 is 21.7 Å². The number of aldehydes is 1. The molecule has 1 amide bonds. The molecule has 184 valence electrons. The minimum absolute atomic E-state index is 0.0297. The molecule has 35 heavy (non-hydrogen) atoms. The maximum absolute atomic E-state index is 11.3. The summed E-state index contributed by atoms with van der Waals surface area (Å²) in [6.45, 7) is 5.34. The molecule has 0 saturated heterocycles. The summed E-state index contributed by atoms with van der Waals surface area (Å²) in [6, 6.07) is 21.5. The topological polar surface area (TPSA) is 129 Å². The Kier molecular flexibility index (Phi) is 11.3. The molecule has 6 N–H and O–H groups in total. The van der Waals surface area contributed by atoms with Crippen molar-refractivity contribution in [1.29, 1.82) is 0 Å². The minimum Gasteiger partial charge on any atom is -0.394 e. The van der Waals surface area contributed by atoms with E-state index < -0.39 is 5.91 Å². The molecule has 0 saturated carbocycles. The Bertz CT molecular complexity index is 1170. The van der Waals surface area contributed by atoms with Crippen LogP contribution in [0.15, 0.2) is 82.4 Å². The Balaban J connectivity index is 0.000000283. The fourth-order valence-electron chi connectivity index (χ4n) is 3.00. The first-order chi connectivity index (χ1) is 16.9. The van der Waals surface area contributed by atoms with Gasteiger partial charge in [-0.3, -0.25) is 14.6 Å². The number of carbonyl (C=O) groups excluding carboxylic acids is 2. The van der Waals surface area contributed by atoms with Gasteiger partial charge in [0.25, 0.3) is 5.91 Å². The molecule has 0 aliphatic heterocycles. The van der Waals surface area contributed by atoms with Crippen molar-refractivity contribution >= 4 is 52.8 Å². The highest BCUT2D eigenvalue weighted by molar-refractivity contribution is 8.03. The number of benzene rings is 3. The van der Waals surface area contributed by atoms with Crippen molar-refractivity contribution in [3.8, 4) is 0 Å². The van der Waals surface area contributed by atoms with E-state index in [0.29, 0.717) is 16.5 Å². The van der Waals surface area contributed by atoms with E-state index in [1.54, 1.807) is 19.2 Å². The molecule has 0 radical (unpaired) electrons. The van der Waals surface area contributed by atoms with Gasteiger partial charge < -0.3 is 26.8 Å². The van der Waals surface area contributed by atoms with Crippen LogP contribution in [0.1, 0.15) is 17.3 Å². The Morgan fingerprint density at radius 1 is 1.11 bits per heavy atom. The van der Waals surface area contributed by atoms with Crippen LogP contribution in [0, 0.1) is 0 Å². The van der Waals surface area contributed by atoms with Gasteiger partial charge in [0.15, 0.2) is 5.70 Å². The number of nitrogens with one attached hydrogen (secondary N) is 3. The van der Waals surface area contributed by atoms with Crippen molar-refractivity contribution in [3.63, 3.8) is 0 Å². The monoisotopic (exact) mass is 493 g/mol. The first kappa shape index (κ1) is 27.4. The fraction of sp³-hybridized carbons (Fsp3) is 0.192. The summed E-state index contributed by atoms with van der Waals surface area (Å²) in [5, 5.41) is 21.0. The third kappa shape index (κ3) is 8.80. The maximum atomic E-state index is 11.3. The number of fused-ring (bicyclic) bond motifs is 1. The molecule has 1 unspecified atom stereocenters. The van der Waals surface area contributed by atoms with Crippen LogP contribution in [0.2, 0.25) is 0 Å². The lowest BCUT2D eigenvalue weighted by molar-refractivity contribution is -0.114. The zero-order valence-electron chi connectivity index (χ0n) is 19.8. The minimum atomic E-state index is -0.599. The number of anilines is 2. The first-order valence-corrected chi connectivity index (χ1v) is 11.9. The lowest BCUT2D eigenvalue weighted by atomic mass is 10.1. The van der Waals surface area contributed by atoms with E-state index >= 15 is 0 Å². The number of aliphatic imine (C=N–C) groups is 1. The molecule has 1 atom stereocenters. The van der Waals surface area contributed by atoms with Crippen LogP contribution >= 0.6 is 11.8 Å². The van der Waals surface area contributed by atoms with Gasteiger partial charge in [0.1, 0.15) is 11.3 Å². The molecule has 0 bridgehead atoms. The number of nitrogens with zero attached hydrogens (tertiary/aromatic N) is 1. The van der Waals surface area contributed by atoms with Crippen molar-refractivity contribution in [2.45, 2.75) is 13.0 Å². The normalized spacial score (nSPS) is 11.9. The molecular formula is C26H31N5O3S.